The number of alkyl halides is 2. The number of halogens is 2. The van der Waals surface area contributed by atoms with Crippen molar-refractivity contribution in [3.8, 4) is 0 Å². The molecule has 0 radical (unpaired) electrons. The van der Waals surface area contributed by atoms with Crippen LogP contribution in [0.4, 0.5) is 8.78 Å². The van der Waals surface area contributed by atoms with Crippen molar-refractivity contribution < 1.29 is 23.5 Å². The van der Waals surface area contributed by atoms with Gasteiger partial charge in [0.2, 0.25) is 0 Å². The first-order valence-corrected chi connectivity index (χ1v) is 3.50. The zero-order valence-electron chi connectivity index (χ0n) is 7.54. The second-order valence-electron chi connectivity index (χ2n) is 3.06. The average Bonchev–Trinajstić information content (AvgIpc) is 2.01. The monoisotopic (exact) mass is 195 g/mol. The van der Waals surface area contributed by atoms with Crippen LogP contribution >= 0.6 is 0 Å². The number of likely N-dealkylation sites (N-methyl/N-ethyl adjacent to an activating group) is 1. The highest BCUT2D eigenvalue weighted by Gasteiger charge is 2.38. The number of carboxylic acids is 1. The van der Waals surface area contributed by atoms with Gasteiger partial charge >= 0.3 is 12.4 Å². The Labute approximate surface area is 74.1 Å². The van der Waals surface area contributed by atoms with Gasteiger partial charge in [0.1, 0.15) is 5.54 Å². The Balaban J connectivity index is 4.68. The fraction of sp³-hybridized carbons (Fsp3) is 0.714. The highest BCUT2D eigenvalue weighted by molar-refractivity contribution is 5.87. The topological polar surface area (TPSA) is 57.6 Å². The fourth-order valence-electron chi connectivity index (χ4n) is 0.565. The van der Waals surface area contributed by atoms with E-state index in [2.05, 4.69) is 0 Å². The van der Waals surface area contributed by atoms with Crippen LogP contribution in [0.2, 0.25) is 0 Å². The van der Waals surface area contributed by atoms with Crippen molar-refractivity contribution in [1.29, 1.82) is 0 Å². The third-order valence-corrected chi connectivity index (χ3v) is 1.88. The molecule has 0 aliphatic rings. The number of rotatable bonds is 3. The molecule has 0 bridgehead atoms. The molecule has 0 aromatic carbocycles. The molecule has 0 saturated heterocycles. The summed E-state index contributed by atoms with van der Waals surface area (Å²) in [6.07, 6.45) is -3.18. The van der Waals surface area contributed by atoms with Gasteiger partial charge in [-0.25, -0.2) is 4.79 Å². The maximum Gasteiger partial charge on any atom is 0.329 e. The molecule has 0 fully saturated rings. The van der Waals surface area contributed by atoms with Crippen molar-refractivity contribution in [3.05, 3.63) is 0 Å². The molecule has 0 spiro atoms. The van der Waals surface area contributed by atoms with Crippen molar-refractivity contribution in [2.45, 2.75) is 25.8 Å². The van der Waals surface area contributed by atoms with Crippen LogP contribution in [-0.4, -0.2) is 40.9 Å². The Morgan fingerprint density at radius 2 is 1.77 bits per heavy atom. The molecule has 13 heavy (non-hydrogen) atoms. The normalized spacial score (nSPS) is 11.5. The largest absolute Gasteiger partial charge is 0.480 e. The molecular formula is C7H11F2NO3. The standard InChI is InChI=1S/C7H11F2NO3/c1-7(2,6(12)13)10(3)5(11)4(8)9/h4H,1-3H3,(H,12,13). The number of hydrogen-bond donors (Lipinski definition) is 1. The summed E-state index contributed by atoms with van der Waals surface area (Å²) in [6.45, 7) is 2.35. The molecule has 0 rings (SSSR count). The molecule has 1 amide bonds. The van der Waals surface area contributed by atoms with Gasteiger partial charge in [0.15, 0.2) is 0 Å². The molecule has 0 saturated carbocycles. The quantitative estimate of drug-likeness (QED) is 0.716. The molecule has 1 N–H and O–H groups in total. The molecular weight excluding hydrogens is 184 g/mol. The SMILES string of the molecule is CN(C(=O)C(F)F)C(C)(C)C(=O)O. The average molecular weight is 195 g/mol. The highest BCUT2D eigenvalue weighted by atomic mass is 19.3. The van der Waals surface area contributed by atoms with E-state index in [4.69, 9.17) is 5.11 Å². The lowest BCUT2D eigenvalue weighted by atomic mass is 10.0. The summed E-state index contributed by atoms with van der Waals surface area (Å²) in [4.78, 5) is 21.8. The summed E-state index contributed by atoms with van der Waals surface area (Å²) >= 11 is 0. The highest BCUT2D eigenvalue weighted by Crippen LogP contribution is 2.14. The van der Waals surface area contributed by atoms with Crippen molar-refractivity contribution in [3.63, 3.8) is 0 Å². The zero-order chi connectivity index (χ0) is 10.8. The Hall–Kier alpha value is -1.20. The fourth-order valence-corrected chi connectivity index (χ4v) is 0.565. The van der Waals surface area contributed by atoms with Gasteiger partial charge in [0.05, 0.1) is 0 Å². The Kier molecular flexibility index (Phi) is 3.34. The van der Waals surface area contributed by atoms with Gasteiger partial charge in [-0.1, -0.05) is 0 Å². The Bertz CT molecular complexity index is 228. The second-order valence-corrected chi connectivity index (χ2v) is 3.06. The first-order chi connectivity index (χ1) is 5.71. The van der Waals surface area contributed by atoms with E-state index in [-0.39, 0.29) is 0 Å². The molecule has 4 nitrogen and oxygen atoms in total. The van der Waals surface area contributed by atoms with Crippen LogP contribution < -0.4 is 0 Å². The third kappa shape index (κ3) is 2.37. The predicted molar refractivity (Wildman–Crippen MR) is 40.5 cm³/mol. The van der Waals surface area contributed by atoms with E-state index in [1.165, 1.54) is 13.8 Å². The number of aliphatic carboxylic acids is 1. The molecule has 0 aromatic heterocycles. The number of carboxylic acid groups (broad SMARTS) is 1. The molecule has 0 aliphatic carbocycles. The smallest absolute Gasteiger partial charge is 0.329 e. The van der Waals surface area contributed by atoms with E-state index in [0.717, 1.165) is 7.05 Å². The van der Waals surface area contributed by atoms with Gasteiger partial charge in [-0.05, 0) is 13.8 Å². The lowest BCUT2D eigenvalue weighted by Gasteiger charge is -2.31. The molecule has 76 valence electrons. The lowest BCUT2D eigenvalue weighted by Crippen LogP contribution is -2.52. The van der Waals surface area contributed by atoms with Crippen molar-refractivity contribution in [2.75, 3.05) is 7.05 Å². The van der Waals surface area contributed by atoms with E-state index in [1.54, 1.807) is 0 Å². The van der Waals surface area contributed by atoms with Gasteiger partial charge in [-0.2, -0.15) is 8.78 Å². The Morgan fingerprint density at radius 1 is 1.38 bits per heavy atom. The summed E-state index contributed by atoms with van der Waals surface area (Å²) in [5.41, 5.74) is -1.62. The number of carbonyl (C=O) groups excluding carboxylic acids is 1. The summed E-state index contributed by atoms with van der Waals surface area (Å²) in [7, 11) is 1.03. The molecule has 0 aromatic rings. The van der Waals surface area contributed by atoms with E-state index in [0.29, 0.717) is 4.90 Å². The summed E-state index contributed by atoms with van der Waals surface area (Å²) in [5.74, 6) is -2.82. The number of hydrogen-bond acceptors (Lipinski definition) is 2. The van der Waals surface area contributed by atoms with Gasteiger partial charge < -0.3 is 10.0 Å². The van der Waals surface area contributed by atoms with Gasteiger partial charge in [-0.15, -0.1) is 0 Å². The number of carbonyl (C=O) groups is 2. The van der Waals surface area contributed by atoms with E-state index >= 15 is 0 Å². The molecule has 0 atom stereocenters. The van der Waals surface area contributed by atoms with Crippen molar-refractivity contribution in [2.24, 2.45) is 0 Å². The van der Waals surface area contributed by atoms with Crippen LogP contribution in [0.5, 0.6) is 0 Å². The second kappa shape index (κ2) is 3.68. The van der Waals surface area contributed by atoms with Crippen LogP contribution in [0.1, 0.15) is 13.8 Å². The third-order valence-electron chi connectivity index (χ3n) is 1.88. The lowest BCUT2D eigenvalue weighted by molar-refractivity contribution is -0.160. The number of nitrogens with zero attached hydrogens (tertiary/aromatic N) is 1. The van der Waals surface area contributed by atoms with Crippen LogP contribution in [0.15, 0.2) is 0 Å². The molecule has 0 heterocycles. The van der Waals surface area contributed by atoms with Crippen LogP contribution in [0.25, 0.3) is 0 Å². The molecule has 0 unspecified atom stereocenters. The first-order valence-electron chi connectivity index (χ1n) is 3.50. The maximum atomic E-state index is 11.9. The van der Waals surface area contributed by atoms with Gasteiger partial charge in [0.25, 0.3) is 5.91 Å². The van der Waals surface area contributed by atoms with E-state index < -0.39 is 23.8 Å². The summed E-state index contributed by atoms with van der Waals surface area (Å²) in [6, 6.07) is 0. The predicted octanol–water partition coefficient (Wildman–Crippen LogP) is 0.573. The maximum absolute atomic E-state index is 11.9. The summed E-state index contributed by atoms with van der Waals surface area (Å²) < 4.78 is 23.8. The first kappa shape index (κ1) is 11.8. The molecule has 6 heteroatoms. The van der Waals surface area contributed by atoms with Crippen molar-refractivity contribution in [1.82, 2.24) is 4.90 Å². The van der Waals surface area contributed by atoms with E-state index in [1.807, 2.05) is 0 Å². The zero-order valence-corrected chi connectivity index (χ0v) is 7.54. The Morgan fingerprint density at radius 3 is 2.00 bits per heavy atom. The van der Waals surface area contributed by atoms with Gasteiger partial charge in [-0.3, -0.25) is 4.79 Å². The summed E-state index contributed by atoms with van der Waals surface area (Å²) in [5, 5.41) is 8.60. The minimum absolute atomic E-state index is 0.514. The van der Waals surface area contributed by atoms with E-state index in [9.17, 15) is 18.4 Å². The van der Waals surface area contributed by atoms with Crippen LogP contribution in [-0.2, 0) is 9.59 Å². The van der Waals surface area contributed by atoms with Crippen LogP contribution in [0, 0.1) is 0 Å². The van der Waals surface area contributed by atoms with Crippen molar-refractivity contribution >= 4 is 11.9 Å². The number of amides is 1. The van der Waals surface area contributed by atoms with Gasteiger partial charge in [0, 0.05) is 7.05 Å². The minimum atomic E-state index is -3.18. The molecule has 0 aliphatic heterocycles. The minimum Gasteiger partial charge on any atom is -0.480 e. The van der Waals surface area contributed by atoms with Crippen LogP contribution in [0.3, 0.4) is 0 Å².